The summed E-state index contributed by atoms with van der Waals surface area (Å²) < 4.78 is 0.939. The number of quaternary nitrogens is 1. The summed E-state index contributed by atoms with van der Waals surface area (Å²) in [7, 11) is 4.33. The average Bonchev–Trinajstić information content (AvgIpc) is 2.38. The van der Waals surface area contributed by atoms with Crippen LogP contribution in [0.1, 0.15) is 30.6 Å². The van der Waals surface area contributed by atoms with Crippen LogP contribution >= 0.6 is 0 Å². The first kappa shape index (κ1) is 22.2. The number of carboxylic acids is 1. The molecule has 5 heteroatoms. The highest BCUT2D eigenvalue weighted by Crippen LogP contribution is 2.05. The number of hydrogen-bond donors (Lipinski definition) is 1. The van der Waals surface area contributed by atoms with E-state index in [0.29, 0.717) is 6.61 Å². The minimum Gasteiger partial charge on any atom is -1.00 e. The number of carboxylic acid groups (broad SMARTS) is 1. The van der Waals surface area contributed by atoms with E-state index in [9.17, 15) is 9.90 Å². The molecule has 0 aliphatic rings. The first-order valence-corrected chi connectivity index (χ1v) is 6.97. The van der Waals surface area contributed by atoms with Crippen LogP contribution in [0.2, 0.25) is 0 Å². The Balaban J connectivity index is 0. The lowest BCUT2D eigenvalue weighted by Crippen LogP contribution is -3.00. The lowest BCUT2D eigenvalue weighted by Gasteiger charge is -2.29. The van der Waals surface area contributed by atoms with Crippen molar-refractivity contribution in [3.8, 4) is 0 Å². The molecule has 0 heterocycles. The van der Waals surface area contributed by atoms with Crippen molar-refractivity contribution >= 4 is 5.97 Å². The Kier molecular flexibility index (Phi) is 12.2. The molecule has 1 aromatic carbocycles. The smallest absolute Gasteiger partial charge is 0.102 e. The molecule has 122 valence electrons. The van der Waals surface area contributed by atoms with Crippen molar-refractivity contribution in [2.24, 2.45) is 5.92 Å². The number of aliphatic hydroxyl groups is 1. The molecule has 21 heavy (non-hydrogen) atoms. The van der Waals surface area contributed by atoms with E-state index in [2.05, 4.69) is 27.9 Å². The molecule has 0 amide bonds. The van der Waals surface area contributed by atoms with Crippen molar-refractivity contribution < 1.29 is 31.9 Å². The maximum absolute atomic E-state index is 10.1. The quantitative estimate of drug-likeness (QED) is 0.627. The average molecular weight is 317 g/mol. The Morgan fingerprint density at radius 2 is 1.71 bits per heavy atom. The number of carbonyl (C=O) groups excluding carboxylic acids is 1. The Morgan fingerprint density at radius 3 is 2.05 bits per heavy atom. The summed E-state index contributed by atoms with van der Waals surface area (Å²) in [5, 5.41) is 18.8. The van der Waals surface area contributed by atoms with E-state index in [1.807, 2.05) is 0 Å². The van der Waals surface area contributed by atoms with Crippen LogP contribution in [-0.4, -0.2) is 49.4 Å². The fraction of sp³-hybridized carbons (Fsp3) is 0.562. The summed E-state index contributed by atoms with van der Waals surface area (Å²) in [5.41, 5.74) is 0.220. The SMILES string of the molecule is CC(C)CC[N+](C)(C)CCO.O=C([O-])c1ccccc1.[Cl-]. The standard InChI is InChI=1S/C9H22NO.C7H6O2.ClH/c1-9(2)5-6-10(3,4)7-8-11;8-7(9)6-4-2-1-3-5-6;/h9,11H,5-8H2,1-4H3;1-5H,(H,8,9);1H/q+1;;/p-2. The van der Waals surface area contributed by atoms with E-state index >= 15 is 0 Å². The van der Waals surface area contributed by atoms with Gasteiger partial charge in [-0.15, -0.1) is 0 Å². The summed E-state index contributed by atoms with van der Waals surface area (Å²) in [6, 6.07) is 8.06. The van der Waals surface area contributed by atoms with Gasteiger partial charge in [-0.2, -0.15) is 0 Å². The Hall–Kier alpha value is -1.10. The first-order chi connectivity index (χ1) is 9.28. The third-order valence-corrected chi connectivity index (χ3v) is 3.03. The zero-order valence-electron chi connectivity index (χ0n) is 13.4. The number of aliphatic hydroxyl groups excluding tert-OH is 1. The number of nitrogens with zero attached hydrogens (tertiary/aromatic N) is 1. The molecule has 0 bridgehead atoms. The van der Waals surface area contributed by atoms with Gasteiger partial charge in [0.15, 0.2) is 0 Å². The molecule has 0 aliphatic carbocycles. The molecule has 1 rings (SSSR count). The van der Waals surface area contributed by atoms with E-state index in [4.69, 9.17) is 5.11 Å². The maximum atomic E-state index is 10.1. The lowest BCUT2D eigenvalue weighted by molar-refractivity contribution is -0.891. The normalized spacial score (nSPS) is 10.4. The molecule has 1 aromatic rings. The van der Waals surface area contributed by atoms with Crippen LogP contribution in [0.15, 0.2) is 30.3 Å². The molecule has 0 fully saturated rings. The van der Waals surface area contributed by atoms with Crippen molar-refractivity contribution in [1.29, 1.82) is 0 Å². The molecule has 4 nitrogen and oxygen atoms in total. The topological polar surface area (TPSA) is 60.4 Å². The van der Waals surface area contributed by atoms with Gasteiger partial charge >= 0.3 is 0 Å². The van der Waals surface area contributed by atoms with E-state index in [0.717, 1.165) is 23.5 Å². The Labute approximate surface area is 134 Å². The minimum atomic E-state index is -1.13. The van der Waals surface area contributed by atoms with Gasteiger partial charge in [-0.05, 0) is 17.9 Å². The summed E-state index contributed by atoms with van der Waals surface area (Å²) in [4.78, 5) is 10.1. The summed E-state index contributed by atoms with van der Waals surface area (Å²) in [6.45, 7) is 6.80. The van der Waals surface area contributed by atoms with Crippen molar-refractivity contribution in [2.75, 3.05) is 33.8 Å². The number of hydrogen-bond acceptors (Lipinski definition) is 3. The van der Waals surface area contributed by atoms with Gasteiger partial charge in [0, 0.05) is 0 Å². The van der Waals surface area contributed by atoms with Crippen LogP contribution in [-0.2, 0) is 0 Å². The zero-order chi connectivity index (χ0) is 15.6. The number of rotatable bonds is 6. The van der Waals surface area contributed by atoms with Gasteiger partial charge in [-0.25, -0.2) is 0 Å². The highest BCUT2D eigenvalue weighted by atomic mass is 35.5. The fourth-order valence-electron chi connectivity index (χ4n) is 1.56. The molecular formula is C16H27ClNO3-. The van der Waals surface area contributed by atoms with Gasteiger partial charge in [-0.1, -0.05) is 44.2 Å². The van der Waals surface area contributed by atoms with Crippen LogP contribution in [0, 0.1) is 5.92 Å². The van der Waals surface area contributed by atoms with Gasteiger partial charge in [0.2, 0.25) is 0 Å². The third kappa shape index (κ3) is 12.4. The monoisotopic (exact) mass is 316 g/mol. The van der Waals surface area contributed by atoms with Gasteiger partial charge in [0.05, 0.1) is 33.2 Å². The maximum Gasteiger partial charge on any atom is 0.102 e. The largest absolute Gasteiger partial charge is 1.00 e. The Bertz CT molecular complexity index is 380. The van der Waals surface area contributed by atoms with Gasteiger partial charge in [-0.3, -0.25) is 0 Å². The highest BCUT2D eigenvalue weighted by Gasteiger charge is 2.13. The first-order valence-electron chi connectivity index (χ1n) is 6.97. The lowest BCUT2D eigenvalue weighted by atomic mass is 10.1. The molecule has 0 aliphatic heterocycles. The van der Waals surface area contributed by atoms with Crippen LogP contribution in [0.5, 0.6) is 0 Å². The third-order valence-electron chi connectivity index (χ3n) is 3.03. The van der Waals surface area contributed by atoms with Crippen LogP contribution in [0.25, 0.3) is 0 Å². The van der Waals surface area contributed by atoms with Crippen molar-refractivity contribution in [3.05, 3.63) is 35.9 Å². The summed E-state index contributed by atoms with van der Waals surface area (Å²) in [5.74, 6) is -0.360. The summed E-state index contributed by atoms with van der Waals surface area (Å²) in [6.07, 6.45) is 1.24. The Morgan fingerprint density at radius 1 is 1.19 bits per heavy atom. The predicted octanol–water partition coefficient (Wildman–Crippen LogP) is -1.84. The molecule has 0 saturated carbocycles. The zero-order valence-corrected chi connectivity index (χ0v) is 14.1. The molecule has 0 atom stereocenters. The number of aromatic carboxylic acids is 1. The molecule has 1 N–H and O–H groups in total. The molecule has 0 aromatic heterocycles. The molecule has 0 radical (unpaired) electrons. The van der Waals surface area contributed by atoms with E-state index < -0.39 is 5.97 Å². The second-order valence-corrected chi connectivity index (χ2v) is 5.94. The fourth-order valence-corrected chi connectivity index (χ4v) is 1.56. The van der Waals surface area contributed by atoms with Crippen LogP contribution < -0.4 is 17.5 Å². The van der Waals surface area contributed by atoms with E-state index in [1.165, 1.54) is 18.6 Å². The second-order valence-electron chi connectivity index (χ2n) is 5.94. The number of halogens is 1. The predicted molar refractivity (Wildman–Crippen MR) is 79.2 cm³/mol. The van der Waals surface area contributed by atoms with Crippen LogP contribution in [0.4, 0.5) is 0 Å². The summed E-state index contributed by atoms with van der Waals surface area (Å²) >= 11 is 0. The molecule has 0 spiro atoms. The van der Waals surface area contributed by atoms with E-state index in [-0.39, 0.29) is 18.0 Å². The number of carbonyl (C=O) groups is 1. The minimum absolute atomic E-state index is 0. The van der Waals surface area contributed by atoms with Crippen molar-refractivity contribution in [1.82, 2.24) is 0 Å². The number of benzene rings is 1. The van der Waals surface area contributed by atoms with E-state index in [1.54, 1.807) is 18.2 Å². The highest BCUT2D eigenvalue weighted by molar-refractivity contribution is 5.85. The molecule has 0 unspecified atom stereocenters. The second kappa shape index (κ2) is 11.5. The van der Waals surface area contributed by atoms with Gasteiger partial charge in [0.1, 0.15) is 6.54 Å². The van der Waals surface area contributed by atoms with Gasteiger partial charge in [0.25, 0.3) is 0 Å². The molecular weight excluding hydrogens is 290 g/mol. The van der Waals surface area contributed by atoms with Crippen molar-refractivity contribution in [2.45, 2.75) is 20.3 Å². The van der Waals surface area contributed by atoms with Gasteiger partial charge < -0.3 is 31.9 Å². The van der Waals surface area contributed by atoms with Crippen molar-refractivity contribution in [3.63, 3.8) is 0 Å². The van der Waals surface area contributed by atoms with Crippen LogP contribution in [0.3, 0.4) is 0 Å². The number of likely N-dealkylation sites (N-methyl/N-ethyl adjacent to an activating group) is 1. The molecule has 0 saturated heterocycles.